The third kappa shape index (κ3) is 3.46. The van der Waals surface area contributed by atoms with Gasteiger partial charge in [-0.1, -0.05) is 0 Å². The molecule has 3 rings (SSSR count). The predicted octanol–water partition coefficient (Wildman–Crippen LogP) is -2.24. The molecule has 1 unspecified atom stereocenters. The number of benzene rings is 1. The first-order valence-electron chi connectivity index (χ1n) is 5.58. The molecule has 1 aromatic rings. The zero-order chi connectivity index (χ0) is 10.1. The van der Waals surface area contributed by atoms with E-state index in [0.717, 1.165) is 6.57 Å². The maximum Gasteiger partial charge on any atom is -1.00 e. The second-order valence-electron chi connectivity index (χ2n) is 4.40. The van der Waals surface area contributed by atoms with E-state index in [1.54, 1.807) is 14.8 Å². The van der Waals surface area contributed by atoms with Crippen molar-refractivity contribution in [2.24, 2.45) is 0 Å². The van der Waals surface area contributed by atoms with Crippen molar-refractivity contribution >= 4 is 11.9 Å². The molecule has 1 aliphatic heterocycles. The van der Waals surface area contributed by atoms with E-state index in [2.05, 4.69) is 48.6 Å². The van der Waals surface area contributed by atoms with Crippen molar-refractivity contribution in [3.63, 3.8) is 0 Å². The zero-order valence-corrected chi connectivity index (χ0v) is 13.6. The smallest absolute Gasteiger partial charge is 1.00 e. The van der Waals surface area contributed by atoms with Gasteiger partial charge in [-0.25, -0.2) is 0 Å². The van der Waals surface area contributed by atoms with E-state index in [1.807, 2.05) is 3.88 Å². The fourth-order valence-electron chi connectivity index (χ4n) is 2.25. The molecule has 0 spiro atoms. The van der Waals surface area contributed by atoms with Crippen molar-refractivity contribution in [3.8, 4) is 0 Å². The average Bonchev–Trinajstić information content (AvgIpc) is 2.84. The molecule has 2 aliphatic rings. The van der Waals surface area contributed by atoms with Gasteiger partial charge in [0, 0.05) is 0 Å². The van der Waals surface area contributed by atoms with Crippen molar-refractivity contribution in [2.45, 2.75) is 15.9 Å². The third-order valence-corrected chi connectivity index (χ3v) is 16.2. The Morgan fingerprint density at radius 3 is 2.24 bits per heavy atom. The Kier molecular flexibility index (Phi) is 5.97. The Morgan fingerprint density at radius 1 is 1.00 bits per heavy atom. The topological polar surface area (TPSA) is 0 Å². The molecular weight excluding hydrogens is 306 g/mol. The van der Waals surface area contributed by atoms with Gasteiger partial charge < -0.3 is 24.8 Å². The molecule has 1 saturated heterocycles. The molecule has 1 fully saturated rings. The largest absolute Gasteiger partial charge is 1.00 e. The van der Waals surface area contributed by atoms with Crippen molar-refractivity contribution in [1.82, 2.24) is 0 Å². The first kappa shape index (κ1) is 15.5. The van der Waals surface area contributed by atoms with Crippen LogP contribution in [-0.2, 0) is 16.1 Å². The molecule has 0 amide bonds. The first-order chi connectivity index (χ1) is 7.39. The van der Waals surface area contributed by atoms with E-state index in [0.29, 0.717) is 0 Å². The fourth-order valence-corrected chi connectivity index (χ4v) is 16.2. The van der Waals surface area contributed by atoms with Crippen LogP contribution in [0.3, 0.4) is 0 Å². The number of rotatable bonds is 3. The van der Waals surface area contributed by atoms with Crippen molar-refractivity contribution in [1.29, 1.82) is 0 Å². The Balaban J connectivity index is 0.000000722. The van der Waals surface area contributed by atoms with Crippen molar-refractivity contribution < 1.29 is 40.9 Å². The van der Waals surface area contributed by atoms with Crippen LogP contribution < -0.4 is 30.1 Å². The summed E-state index contributed by atoms with van der Waals surface area (Å²) in [6.07, 6.45) is 8.29. The van der Waals surface area contributed by atoms with E-state index in [-0.39, 0.29) is 24.8 Å². The SMILES string of the molecule is C1=CC[C]([Ti+2]2([PH]c3ccccc3)[CH2][CH2]2)=C1.[Cl-].[Cl-]. The molecule has 90 valence electrons. The number of hydrogen-bond acceptors (Lipinski definition) is 0. The minimum Gasteiger partial charge on any atom is -1.00 e. The van der Waals surface area contributed by atoms with Crippen LogP contribution >= 0.6 is 6.57 Å². The summed E-state index contributed by atoms with van der Waals surface area (Å²) >= 11 is -1.46. The maximum absolute atomic E-state index is 2.42. The normalized spacial score (nSPS) is 17.8. The molecule has 4 heteroatoms. The number of hydrogen-bond donors (Lipinski definition) is 0. The number of allylic oxidation sites excluding steroid dienone is 4. The second-order valence-corrected chi connectivity index (χ2v) is 16.3. The van der Waals surface area contributed by atoms with Gasteiger partial charge in [0.2, 0.25) is 0 Å². The van der Waals surface area contributed by atoms with E-state index < -0.39 is 16.1 Å². The molecule has 1 aliphatic carbocycles. The third-order valence-electron chi connectivity index (χ3n) is 3.29. The zero-order valence-electron chi connectivity index (χ0n) is 9.50. The Bertz CT molecular complexity index is 424. The standard InChI is InChI=1S/C6H6P.C5H5.C2H4.2ClH.Ti/c7-6-4-2-1-3-5-6;1-2-4-5-3-1;1-2;;;/h1-5,7H;1-3H,4H2;1-2H2;2*1H;/q-1;;;;;+3/p-2. The molecule has 0 aromatic heterocycles. The summed E-state index contributed by atoms with van der Waals surface area (Å²) in [5, 5.41) is 1.60. The van der Waals surface area contributed by atoms with E-state index in [9.17, 15) is 0 Å². The summed E-state index contributed by atoms with van der Waals surface area (Å²) in [4.78, 5) is 0. The van der Waals surface area contributed by atoms with Gasteiger partial charge in [-0.15, -0.1) is 0 Å². The summed E-state index contributed by atoms with van der Waals surface area (Å²) in [7, 11) is 0. The number of halogens is 2. The summed E-state index contributed by atoms with van der Waals surface area (Å²) in [5.74, 6) is 0. The molecule has 17 heavy (non-hydrogen) atoms. The van der Waals surface area contributed by atoms with Gasteiger partial charge in [0.25, 0.3) is 0 Å². The van der Waals surface area contributed by atoms with Crippen molar-refractivity contribution in [3.05, 3.63) is 52.4 Å². The van der Waals surface area contributed by atoms with Gasteiger partial charge in [-0.2, -0.15) is 0 Å². The molecule has 0 saturated carbocycles. The van der Waals surface area contributed by atoms with Crippen LogP contribution in [0.25, 0.3) is 0 Å². The second kappa shape index (κ2) is 6.55. The van der Waals surface area contributed by atoms with Crippen LogP contribution in [0, 0.1) is 0 Å². The molecule has 0 nitrogen and oxygen atoms in total. The van der Waals surface area contributed by atoms with Crippen LogP contribution in [0.2, 0.25) is 9.45 Å². The van der Waals surface area contributed by atoms with E-state index >= 15 is 0 Å². The summed E-state index contributed by atoms with van der Waals surface area (Å²) in [6.45, 7) is 1.16. The van der Waals surface area contributed by atoms with Gasteiger partial charge in [0.05, 0.1) is 0 Å². The quantitative estimate of drug-likeness (QED) is 0.436. The summed E-state index contributed by atoms with van der Waals surface area (Å²) < 4.78 is 5.03. The minimum absolute atomic E-state index is 0. The van der Waals surface area contributed by atoms with Gasteiger partial charge >= 0.3 is 96.3 Å². The average molecular weight is 321 g/mol. The van der Waals surface area contributed by atoms with E-state index in [1.165, 1.54) is 6.42 Å². The minimum atomic E-state index is -1.46. The van der Waals surface area contributed by atoms with Crippen LogP contribution in [0.4, 0.5) is 0 Å². The molecule has 1 heterocycles. The molecular formula is C13H15Cl2PTi. The Labute approximate surface area is 120 Å². The molecule has 1 aromatic carbocycles. The summed E-state index contributed by atoms with van der Waals surface area (Å²) in [5.41, 5.74) is 0. The molecule has 0 N–H and O–H groups in total. The molecule has 0 bridgehead atoms. The van der Waals surface area contributed by atoms with E-state index in [4.69, 9.17) is 0 Å². The van der Waals surface area contributed by atoms with Crippen LogP contribution in [0.5, 0.6) is 0 Å². The van der Waals surface area contributed by atoms with Crippen LogP contribution in [0.1, 0.15) is 6.42 Å². The van der Waals surface area contributed by atoms with Crippen molar-refractivity contribution in [2.75, 3.05) is 0 Å². The Hall–Kier alpha value is 0.424. The van der Waals surface area contributed by atoms with Gasteiger partial charge in [0.15, 0.2) is 0 Å². The Morgan fingerprint density at radius 2 is 1.71 bits per heavy atom. The molecule has 1 atom stereocenters. The van der Waals surface area contributed by atoms with Crippen LogP contribution in [-0.4, -0.2) is 0 Å². The van der Waals surface area contributed by atoms with Crippen LogP contribution in [0.15, 0.2) is 52.4 Å². The maximum atomic E-state index is 2.42. The van der Waals surface area contributed by atoms with Gasteiger partial charge in [-0.3, -0.25) is 0 Å². The first-order valence-corrected chi connectivity index (χ1v) is 11.9. The molecule has 0 radical (unpaired) electrons. The van der Waals surface area contributed by atoms with Gasteiger partial charge in [0.1, 0.15) is 0 Å². The van der Waals surface area contributed by atoms with Gasteiger partial charge in [-0.05, 0) is 0 Å². The predicted molar refractivity (Wildman–Crippen MR) is 65.8 cm³/mol. The monoisotopic (exact) mass is 320 g/mol. The fraction of sp³-hybridized carbons (Fsp3) is 0.231. The summed E-state index contributed by atoms with van der Waals surface area (Å²) in [6, 6.07) is 11.1.